The van der Waals surface area contributed by atoms with Gasteiger partial charge in [0.05, 0.1) is 7.73 Å². The van der Waals surface area contributed by atoms with Gasteiger partial charge in [-0.3, -0.25) is 0 Å². The number of benzene rings is 2. The van der Waals surface area contributed by atoms with Crippen molar-refractivity contribution < 1.29 is 4.74 Å². The molecule has 3 rings (SSSR count). The van der Waals surface area contributed by atoms with E-state index in [9.17, 15) is 0 Å². The molecule has 0 radical (unpaired) electrons. The van der Waals surface area contributed by atoms with E-state index in [0.717, 1.165) is 36.7 Å². The van der Waals surface area contributed by atoms with Crippen molar-refractivity contribution in [2.75, 3.05) is 18.1 Å². The van der Waals surface area contributed by atoms with Crippen molar-refractivity contribution in [3.63, 3.8) is 0 Å². The molecule has 0 unspecified atom stereocenters. The van der Waals surface area contributed by atoms with E-state index in [1.54, 1.807) is 0 Å². The molecule has 0 bridgehead atoms. The lowest BCUT2D eigenvalue weighted by Gasteiger charge is -2.19. The lowest BCUT2D eigenvalue weighted by atomic mass is 10.1. The zero-order chi connectivity index (χ0) is 14.7. The van der Waals surface area contributed by atoms with Gasteiger partial charge in [-0.05, 0) is 53.2 Å². The van der Waals surface area contributed by atoms with Gasteiger partial charge in [-0.15, -0.1) is 0 Å². The summed E-state index contributed by atoms with van der Waals surface area (Å²) in [6.07, 6.45) is 4.66. The minimum atomic E-state index is -1.36. The molecule has 1 aliphatic heterocycles. The van der Waals surface area contributed by atoms with Crippen molar-refractivity contribution in [1.29, 1.82) is 1.12 Å². The molecule has 0 aliphatic carbocycles. The summed E-state index contributed by atoms with van der Waals surface area (Å²) in [4.78, 5) is 1.26. The molecular formula is C18H24OS. The second kappa shape index (κ2) is 6.53. The summed E-state index contributed by atoms with van der Waals surface area (Å²) < 4.78 is 14.8. The van der Waals surface area contributed by atoms with Crippen LogP contribution in [-0.2, 0) is 0 Å². The fourth-order valence-corrected chi connectivity index (χ4v) is 5.32. The molecule has 2 heteroatoms. The Hall–Kier alpha value is -1.15. The lowest BCUT2D eigenvalue weighted by Crippen LogP contribution is -1.98. The molecule has 1 heterocycles. The number of thiol groups is 1. The van der Waals surface area contributed by atoms with Crippen LogP contribution in [-0.4, -0.2) is 19.2 Å². The van der Waals surface area contributed by atoms with E-state index >= 15 is 0 Å². The van der Waals surface area contributed by atoms with E-state index < -0.39 is 10.8 Å². The number of hydrogen-bond acceptors (Lipinski definition) is 1. The Morgan fingerprint density at radius 3 is 2.60 bits per heavy atom. The maximum absolute atomic E-state index is 8.88. The van der Waals surface area contributed by atoms with Crippen LogP contribution in [0.2, 0.25) is 0 Å². The summed E-state index contributed by atoms with van der Waals surface area (Å²) in [7, 11) is -1.36. The van der Waals surface area contributed by atoms with E-state index in [2.05, 4.69) is 43.3 Å². The van der Waals surface area contributed by atoms with Gasteiger partial charge < -0.3 is 4.74 Å². The molecule has 2 aromatic carbocycles. The second-order valence-electron chi connectivity index (χ2n) is 5.42. The Kier molecular flexibility index (Phi) is 4.11. The van der Waals surface area contributed by atoms with Crippen molar-refractivity contribution in [1.82, 2.24) is 0 Å². The van der Waals surface area contributed by atoms with Gasteiger partial charge in [-0.2, -0.15) is 0 Å². The van der Waals surface area contributed by atoms with Gasteiger partial charge in [-0.1, -0.05) is 37.6 Å². The number of ether oxygens (including phenoxy) is 1. The van der Waals surface area contributed by atoms with Crippen molar-refractivity contribution in [3.05, 3.63) is 36.4 Å². The fourth-order valence-electron chi connectivity index (χ4n) is 2.82. The van der Waals surface area contributed by atoms with Gasteiger partial charge in [0.25, 0.3) is 0 Å². The maximum Gasteiger partial charge on any atom is 0.127 e. The van der Waals surface area contributed by atoms with Crippen molar-refractivity contribution in [2.24, 2.45) is 0 Å². The molecule has 108 valence electrons. The quantitative estimate of drug-likeness (QED) is 0.590. The van der Waals surface area contributed by atoms with Crippen LogP contribution in [0, 0.1) is 0 Å². The van der Waals surface area contributed by atoms with E-state index in [-0.39, 0.29) is 0 Å². The molecule has 1 aliphatic rings. The third-order valence-electron chi connectivity index (χ3n) is 3.94. The average molecular weight is 289 g/mol. The molecular weight excluding hydrogens is 264 g/mol. The molecule has 0 amide bonds. The van der Waals surface area contributed by atoms with Gasteiger partial charge >= 0.3 is 0 Å². The summed E-state index contributed by atoms with van der Waals surface area (Å²) in [5.41, 5.74) is 0. The normalized spacial score (nSPS) is 19.8. The van der Waals surface area contributed by atoms with Gasteiger partial charge in [0.1, 0.15) is 5.75 Å². The SMILES string of the molecule is [2H]S1(c2ccc(OCCCC)c3ccccc23)CCCC1. The van der Waals surface area contributed by atoms with E-state index in [4.69, 9.17) is 5.86 Å². The van der Waals surface area contributed by atoms with Crippen LogP contribution in [0.4, 0.5) is 0 Å². The highest BCUT2D eigenvalue weighted by Gasteiger charge is 2.16. The van der Waals surface area contributed by atoms with Gasteiger partial charge in [0.2, 0.25) is 0 Å². The third kappa shape index (κ3) is 2.80. The van der Waals surface area contributed by atoms with E-state index in [0.29, 0.717) is 0 Å². The smallest absolute Gasteiger partial charge is 0.127 e. The van der Waals surface area contributed by atoms with Gasteiger partial charge in [0.15, 0.2) is 0 Å². The average Bonchev–Trinajstić information content (AvgIpc) is 2.95. The third-order valence-corrected chi connectivity index (χ3v) is 6.48. The highest BCUT2D eigenvalue weighted by atomic mass is 32.2. The molecule has 0 atom stereocenters. The van der Waals surface area contributed by atoms with Crippen LogP contribution in [0.1, 0.15) is 32.6 Å². The van der Waals surface area contributed by atoms with Crippen LogP contribution in [0.5, 0.6) is 5.75 Å². The zero-order valence-corrected chi connectivity index (χ0v) is 13.0. The first-order chi connectivity index (χ1) is 10.2. The van der Waals surface area contributed by atoms with E-state index in [1.807, 2.05) is 0 Å². The summed E-state index contributed by atoms with van der Waals surface area (Å²) in [6.45, 7) is 2.95. The number of fused-ring (bicyclic) bond motifs is 1. The molecule has 1 nitrogen and oxygen atoms in total. The minimum absolute atomic E-state index is 0.777. The van der Waals surface area contributed by atoms with Gasteiger partial charge in [-0.25, -0.2) is 10.8 Å². The largest absolute Gasteiger partial charge is 0.493 e. The molecule has 0 saturated carbocycles. The molecule has 1 saturated heterocycles. The van der Waals surface area contributed by atoms with Crippen molar-refractivity contribution >= 4 is 21.6 Å². The molecule has 2 aromatic rings. The predicted octanol–water partition coefficient (Wildman–Crippen LogP) is 5.17. The predicted molar refractivity (Wildman–Crippen MR) is 90.6 cm³/mol. The Balaban J connectivity index is 2.02. The van der Waals surface area contributed by atoms with Crippen LogP contribution < -0.4 is 4.74 Å². The standard InChI is InChI=1S/C18H24OS/c1-2-3-12-19-17-10-11-18(20-13-6-7-14-20)16-9-5-4-8-15(16)17/h4-5,8-11,20H,2-3,6-7,12-14H2,1H3/i20D. The first-order valence-corrected chi connectivity index (χ1v) is 9.28. The Labute approximate surface area is 125 Å². The molecule has 0 N–H and O–H groups in total. The van der Waals surface area contributed by atoms with Crippen LogP contribution in [0.3, 0.4) is 0 Å². The minimum Gasteiger partial charge on any atom is -0.493 e. The number of unbranched alkanes of at least 4 members (excludes halogenated alkanes) is 1. The Morgan fingerprint density at radius 1 is 1.10 bits per heavy atom. The summed E-state index contributed by atoms with van der Waals surface area (Å²) in [5.74, 6) is 3.10. The molecule has 1 fully saturated rings. The molecule has 0 aromatic heterocycles. The Bertz CT molecular complexity index is 620. The second-order valence-corrected chi connectivity index (χ2v) is 7.66. The monoisotopic (exact) mass is 289 g/mol. The van der Waals surface area contributed by atoms with Crippen molar-refractivity contribution in [3.8, 4) is 5.75 Å². The first-order valence-electron chi connectivity index (χ1n) is 8.13. The topological polar surface area (TPSA) is 9.23 Å². The van der Waals surface area contributed by atoms with Gasteiger partial charge in [0, 0.05) is 5.39 Å². The number of hydrogen-bond donors (Lipinski definition) is 1. The lowest BCUT2D eigenvalue weighted by molar-refractivity contribution is 0.313. The molecule has 0 spiro atoms. The van der Waals surface area contributed by atoms with Crippen LogP contribution in [0.25, 0.3) is 10.8 Å². The first kappa shape index (κ1) is 12.6. The number of rotatable bonds is 5. The Morgan fingerprint density at radius 2 is 1.85 bits per heavy atom. The highest BCUT2D eigenvalue weighted by Crippen LogP contribution is 2.47. The fraction of sp³-hybridized carbons (Fsp3) is 0.444. The van der Waals surface area contributed by atoms with Crippen LogP contribution >= 0.6 is 10.8 Å². The van der Waals surface area contributed by atoms with Crippen molar-refractivity contribution in [2.45, 2.75) is 37.5 Å². The highest BCUT2D eigenvalue weighted by molar-refractivity contribution is 8.17. The van der Waals surface area contributed by atoms with E-state index in [1.165, 1.54) is 28.5 Å². The molecule has 20 heavy (non-hydrogen) atoms. The maximum atomic E-state index is 8.88. The summed E-state index contributed by atoms with van der Waals surface area (Å²) >= 11 is 0. The summed E-state index contributed by atoms with van der Waals surface area (Å²) in [5, 5.41) is 2.41. The summed E-state index contributed by atoms with van der Waals surface area (Å²) in [6, 6.07) is 12.7. The van der Waals surface area contributed by atoms with Crippen LogP contribution in [0.15, 0.2) is 41.3 Å². The zero-order valence-electron chi connectivity index (χ0n) is 13.2.